The molecule has 0 aliphatic heterocycles. The number of carboxylic acid groups (broad SMARTS) is 1. The zero-order valence-electron chi connectivity index (χ0n) is 8.93. The number of aromatic amines is 1. The maximum atomic E-state index is 10.9. The van der Waals surface area contributed by atoms with Crippen molar-refractivity contribution < 1.29 is 14.6 Å². The third-order valence-electron chi connectivity index (χ3n) is 2.64. The standard InChI is InChI=1S/C12H13NO3/c1-16-11(12(14)15)6-8-7-13-10-5-3-2-4-9(8)10/h2-5,7,11,13H,6H2,1H3,(H,14,15). The maximum Gasteiger partial charge on any atom is 0.333 e. The fraction of sp³-hybridized carbons (Fsp3) is 0.250. The van der Waals surface area contributed by atoms with E-state index in [0.717, 1.165) is 16.5 Å². The highest BCUT2D eigenvalue weighted by atomic mass is 16.5. The molecule has 0 bridgehead atoms. The first-order valence-electron chi connectivity index (χ1n) is 5.03. The van der Waals surface area contributed by atoms with Crippen molar-refractivity contribution in [1.29, 1.82) is 0 Å². The number of aliphatic carboxylic acids is 1. The predicted molar refractivity (Wildman–Crippen MR) is 60.4 cm³/mol. The summed E-state index contributed by atoms with van der Waals surface area (Å²) >= 11 is 0. The van der Waals surface area contributed by atoms with Gasteiger partial charge in [-0.25, -0.2) is 4.79 Å². The zero-order chi connectivity index (χ0) is 11.5. The van der Waals surface area contributed by atoms with E-state index in [1.807, 2.05) is 30.5 Å². The highest BCUT2D eigenvalue weighted by molar-refractivity contribution is 5.84. The maximum absolute atomic E-state index is 10.9. The van der Waals surface area contributed by atoms with Crippen LogP contribution in [-0.4, -0.2) is 29.3 Å². The van der Waals surface area contributed by atoms with Crippen molar-refractivity contribution >= 4 is 16.9 Å². The number of nitrogens with one attached hydrogen (secondary N) is 1. The summed E-state index contributed by atoms with van der Waals surface area (Å²) in [6.07, 6.45) is 1.41. The molecule has 0 aliphatic rings. The van der Waals surface area contributed by atoms with Gasteiger partial charge in [0.25, 0.3) is 0 Å². The van der Waals surface area contributed by atoms with E-state index in [2.05, 4.69) is 4.98 Å². The minimum atomic E-state index is -0.937. The van der Waals surface area contributed by atoms with Crippen LogP contribution in [0.2, 0.25) is 0 Å². The third-order valence-corrected chi connectivity index (χ3v) is 2.64. The molecule has 0 amide bonds. The molecule has 4 nitrogen and oxygen atoms in total. The molecule has 0 fully saturated rings. The number of methoxy groups -OCH3 is 1. The summed E-state index contributed by atoms with van der Waals surface area (Å²) in [6.45, 7) is 0. The Balaban J connectivity index is 2.30. The van der Waals surface area contributed by atoms with Crippen LogP contribution >= 0.6 is 0 Å². The molecule has 2 rings (SSSR count). The van der Waals surface area contributed by atoms with Crippen LogP contribution in [0.25, 0.3) is 10.9 Å². The van der Waals surface area contributed by atoms with Crippen LogP contribution < -0.4 is 0 Å². The average molecular weight is 219 g/mol. The molecule has 1 heterocycles. The van der Waals surface area contributed by atoms with Crippen LogP contribution in [0.3, 0.4) is 0 Å². The first-order valence-corrected chi connectivity index (χ1v) is 5.03. The van der Waals surface area contributed by atoms with Gasteiger partial charge in [-0.15, -0.1) is 0 Å². The molecule has 16 heavy (non-hydrogen) atoms. The summed E-state index contributed by atoms with van der Waals surface area (Å²) in [5.74, 6) is -0.937. The molecule has 0 aliphatic carbocycles. The number of carbonyl (C=O) groups is 1. The first-order chi connectivity index (χ1) is 7.72. The Morgan fingerprint density at radius 2 is 2.25 bits per heavy atom. The van der Waals surface area contributed by atoms with Crippen LogP contribution in [0, 0.1) is 0 Å². The number of hydrogen-bond donors (Lipinski definition) is 2. The number of rotatable bonds is 4. The molecule has 4 heteroatoms. The molecule has 0 spiro atoms. The molecule has 1 unspecified atom stereocenters. The molecule has 0 saturated heterocycles. The number of benzene rings is 1. The molecule has 0 radical (unpaired) electrons. The van der Waals surface area contributed by atoms with Gasteiger partial charge in [-0.05, 0) is 11.6 Å². The van der Waals surface area contributed by atoms with E-state index >= 15 is 0 Å². The number of fused-ring (bicyclic) bond motifs is 1. The molecule has 1 atom stereocenters. The Kier molecular flexibility index (Phi) is 2.92. The lowest BCUT2D eigenvalue weighted by atomic mass is 10.1. The van der Waals surface area contributed by atoms with Gasteiger partial charge in [-0.2, -0.15) is 0 Å². The van der Waals surface area contributed by atoms with Crippen molar-refractivity contribution in [1.82, 2.24) is 4.98 Å². The van der Waals surface area contributed by atoms with Crippen LogP contribution in [0.15, 0.2) is 30.5 Å². The molecule has 2 aromatic rings. The van der Waals surface area contributed by atoms with E-state index < -0.39 is 12.1 Å². The second kappa shape index (κ2) is 4.37. The Labute approximate surface area is 92.9 Å². The summed E-state index contributed by atoms with van der Waals surface area (Å²) in [5.41, 5.74) is 1.97. The van der Waals surface area contributed by atoms with Gasteiger partial charge >= 0.3 is 5.97 Å². The highest BCUT2D eigenvalue weighted by Gasteiger charge is 2.18. The van der Waals surface area contributed by atoms with Crippen molar-refractivity contribution in [2.45, 2.75) is 12.5 Å². The van der Waals surface area contributed by atoms with E-state index in [4.69, 9.17) is 9.84 Å². The molecule has 1 aromatic heterocycles. The lowest BCUT2D eigenvalue weighted by molar-refractivity contribution is -0.148. The van der Waals surface area contributed by atoms with E-state index in [0.29, 0.717) is 6.42 Å². The van der Waals surface area contributed by atoms with E-state index in [1.165, 1.54) is 7.11 Å². The first kappa shape index (κ1) is 10.7. The highest BCUT2D eigenvalue weighted by Crippen LogP contribution is 2.19. The Hall–Kier alpha value is -1.81. The summed E-state index contributed by atoms with van der Waals surface area (Å²) in [7, 11) is 1.41. The summed E-state index contributed by atoms with van der Waals surface area (Å²) in [6, 6.07) is 7.80. The van der Waals surface area contributed by atoms with Gasteiger partial charge in [-0.3, -0.25) is 0 Å². The van der Waals surface area contributed by atoms with Gasteiger partial charge in [0.05, 0.1) is 0 Å². The second-order valence-corrected chi connectivity index (χ2v) is 3.63. The summed E-state index contributed by atoms with van der Waals surface area (Å²) in [4.78, 5) is 14.0. The molecule has 1 aromatic carbocycles. The van der Waals surface area contributed by atoms with Crippen LogP contribution in [0.5, 0.6) is 0 Å². The van der Waals surface area contributed by atoms with Crippen LogP contribution in [0.1, 0.15) is 5.56 Å². The fourth-order valence-electron chi connectivity index (χ4n) is 1.77. The zero-order valence-corrected chi connectivity index (χ0v) is 8.93. The number of ether oxygens (including phenoxy) is 1. The fourth-order valence-corrected chi connectivity index (χ4v) is 1.77. The summed E-state index contributed by atoms with van der Waals surface area (Å²) in [5, 5.41) is 9.96. The normalized spacial score (nSPS) is 12.8. The lowest BCUT2D eigenvalue weighted by Crippen LogP contribution is -2.24. The van der Waals surface area contributed by atoms with Crippen LogP contribution in [0.4, 0.5) is 0 Å². The molecule has 0 saturated carbocycles. The number of carboxylic acids is 1. The average Bonchev–Trinajstić information content (AvgIpc) is 2.69. The molecular formula is C12H13NO3. The van der Waals surface area contributed by atoms with Gasteiger partial charge in [-0.1, -0.05) is 18.2 Å². The number of hydrogen-bond acceptors (Lipinski definition) is 2. The van der Waals surface area contributed by atoms with Crippen molar-refractivity contribution in [3.63, 3.8) is 0 Å². The Bertz CT molecular complexity index is 504. The van der Waals surface area contributed by atoms with Crippen molar-refractivity contribution in [2.75, 3.05) is 7.11 Å². The predicted octanol–water partition coefficient (Wildman–Crippen LogP) is 1.81. The smallest absolute Gasteiger partial charge is 0.333 e. The minimum Gasteiger partial charge on any atom is -0.479 e. The van der Waals surface area contributed by atoms with Crippen molar-refractivity contribution in [3.05, 3.63) is 36.0 Å². The molecule has 2 N–H and O–H groups in total. The SMILES string of the molecule is COC(Cc1c[nH]c2ccccc12)C(=O)O. The lowest BCUT2D eigenvalue weighted by Gasteiger charge is -2.08. The van der Waals surface area contributed by atoms with Gasteiger partial charge in [0.1, 0.15) is 0 Å². The number of H-pyrrole nitrogens is 1. The second-order valence-electron chi connectivity index (χ2n) is 3.63. The molecule has 84 valence electrons. The van der Waals surface area contributed by atoms with E-state index in [9.17, 15) is 4.79 Å². The summed E-state index contributed by atoms with van der Waals surface area (Å²) < 4.78 is 4.92. The van der Waals surface area contributed by atoms with Crippen molar-refractivity contribution in [2.24, 2.45) is 0 Å². The monoisotopic (exact) mass is 219 g/mol. The minimum absolute atomic E-state index is 0.371. The van der Waals surface area contributed by atoms with Gasteiger partial charge < -0.3 is 14.8 Å². The van der Waals surface area contributed by atoms with E-state index in [1.54, 1.807) is 0 Å². The number of aromatic nitrogens is 1. The number of para-hydroxylation sites is 1. The Morgan fingerprint density at radius 1 is 1.50 bits per heavy atom. The van der Waals surface area contributed by atoms with Crippen LogP contribution in [-0.2, 0) is 16.0 Å². The van der Waals surface area contributed by atoms with Gasteiger partial charge in [0, 0.05) is 30.6 Å². The topological polar surface area (TPSA) is 62.3 Å². The van der Waals surface area contributed by atoms with Crippen molar-refractivity contribution in [3.8, 4) is 0 Å². The Morgan fingerprint density at radius 3 is 2.94 bits per heavy atom. The quantitative estimate of drug-likeness (QED) is 0.824. The van der Waals surface area contributed by atoms with Gasteiger partial charge in [0.15, 0.2) is 6.10 Å². The van der Waals surface area contributed by atoms with E-state index in [-0.39, 0.29) is 0 Å². The largest absolute Gasteiger partial charge is 0.479 e. The third kappa shape index (κ3) is 1.92. The molecular weight excluding hydrogens is 206 g/mol. The van der Waals surface area contributed by atoms with Gasteiger partial charge in [0.2, 0.25) is 0 Å².